The highest BCUT2D eigenvalue weighted by Crippen LogP contribution is 2.45. The van der Waals surface area contributed by atoms with Gasteiger partial charge in [-0.05, 0) is 61.3 Å². The molecule has 4 rings (SSSR count). The average Bonchev–Trinajstić information content (AvgIpc) is 3.15. The third-order valence-electron chi connectivity index (χ3n) is 6.36. The van der Waals surface area contributed by atoms with Crippen LogP contribution in [0.2, 0.25) is 0 Å². The summed E-state index contributed by atoms with van der Waals surface area (Å²) in [5.74, 6) is 0.580. The van der Waals surface area contributed by atoms with Crippen molar-refractivity contribution in [2.24, 2.45) is 16.3 Å². The summed E-state index contributed by atoms with van der Waals surface area (Å²) in [6, 6.07) is 15.4. The van der Waals surface area contributed by atoms with E-state index in [0.29, 0.717) is 22.0 Å². The number of rotatable bonds is 5. The van der Waals surface area contributed by atoms with Gasteiger partial charge in [-0.1, -0.05) is 50.2 Å². The molecule has 1 aliphatic carbocycles. The Hall–Kier alpha value is -2.95. The maximum absolute atomic E-state index is 11.4. The number of nitro benzene ring substituents is 1. The van der Waals surface area contributed by atoms with E-state index in [0.717, 1.165) is 34.6 Å². The van der Waals surface area contributed by atoms with Crippen LogP contribution in [-0.2, 0) is 12.8 Å². The van der Waals surface area contributed by atoms with Crippen molar-refractivity contribution < 1.29 is 4.92 Å². The van der Waals surface area contributed by atoms with Gasteiger partial charge in [0.15, 0.2) is 0 Å². The van der Waals surface area contributed by atoms with E-state index in [9.17, 15) is 15.4 Å². The summed E-state index contributed by atoms with van der Waals surface area (Å²) in [5, 5.41) is 22.0. The van der Waals surface area contributed by atoms with Crippen molar-refractivity contribution in [3.8, 4) is 6.07 Å². The predicted octanol–water partition coefficient (Wildman–Crippen LogP) is 7.89. The van der Waals surface area contributed by atoms with Crippen molar-refractivity contribution in [1.29, 1.82) is 5.26 Å². The lowest BCUT2D eigenvalue weighted by molar-refractivity contribution is -0.384. The third kappa shape index (κ3) is 5.24. The Balaban J connectivity index is 1.68. The van der Waals surface area contributed by atoms with Crippen LogP contribution in [0.4, 0.5) is 10.7 Å². The largest absolute Gasteiger partial charge is 0.270 e. The van der Waals surface area contributed by atoms with Gasteiger partial charge in [-0.3, -0.25) is 10.1 Å². The second-order valence-corrected chi connectivity index (χ2v) is 12.0. The highest BCUT2D eigenvalue weighted by molar-refractivity contribution is 7.99. The second kappa shape index (κ2) is 9.73. The topological polar surface area (TPSA) is 79.3 Å². The number of fused-ring (bicyclic) bond motifs is 1. The van der Waals surface area contributed by atoms with Crippen LogP contribution < -0.4 is 0 Å². The third-order valence-corrected chi connectivity index (χ3v) is 8.62. The van der Waals surface area contributed by atoms with Crippen LogP contribution in [0, 0.1) is 39.7 Å². The lowest BCUT2D eigenvalue weighted by Crippen LogP contribution is -2.26. The first kappa shape index (κ1) is 24.2. The zero-order valence-electron chi connectivity index (χ0n) is 19.8. The van der Waals surface area contributed by atoms with Gasteiger partial charge in [-0.15, -0.1) is 11.3 Å². The number of nitriles is 1. The summed E-state index contributed by atoms with van der Waals surface area (Å²) in [6.45, 7) is 8.86. The van der Waals surface area contributed by atoms with Gasteiger partial charge in [0.1, 0.15) is 11.1 Å². The molecule has 0 bridgehead atoms. The molecule has 1 atom stereocenters. The lowest BCUT2D eigenvalue weighted by atomic mass is 9.72. The van der Waals surface area contributed by atoms with Gasteiger partial charge in [-0.2, -0.15) is 5.26 Å². The Kier molecular flexibility index (Phi) is 6.92. The van der Waals surface area contributed by atoms with E-state index in [2.05, 4.69) is 26.8 Å². The molecular formula is C27H27N3O2S2. The van der Waals surface area contributed by atoms with Crippen molar-refractivity contribution in [1.82, 2.24) is 0 Å². The number of aryl methyl sites for hydroxylation is 1. The number of nitro groups is 1. The Morgan fingerprint density at radius 3 is 2.62 bits per heavy atom. The molecule has 2 aromatic carbocycles. The van der Waals surface area contributed by atoms with Crippen molar-refractivity contribution >= 4 is 40.0 Å². The summed E-state index contributed by atoms with van der Waals surface area (Å²) < 4.78 is 0. The van der Waals surface area contributed by atoms with Gasteiger partial charge in [0.05, 0.1) is 10.5 Å². The number of benzene rings is 2. The number of hydrogen-bond donors (Lipinski definition) is 0. The van der Waals surface area contributed by atoms with Gasteiger partial charge in [0, 0.05) is 38.6 Å². The average molecular weight is 490 g/mol. The lowest BCUT2D eigenvalue weighted by Gasteiger charge is -2.33. The molecule has 0 spiro atoms. The molecule has 0 saturated heterocycles. The molecule has 3 aromatic rings. The zero-order chi connectivity index (χ0) is 24.5. The molecule has 0 fully saturated rings. The molecule has 0 aliphatic heterocycles. The molecular weight excluding hydrogens is 462 g/mol. The quantitative estimate of drug-likeness (QED) is 0.207. The molecule has 7 heteroatoms. The van der Waals surface area contributed by atoms with Crippen molar-refractivity contribution in [2.45, 2.75) is 56.7 Å². The second-order valence-electron chi connectivity index (χ2n) is 9.75. The predicted molar refractivity (Wildman–Crippen MR) is 140 cm³/mol. The molecule has 0 amide bonds. The van der Waals surface area contributed by atoms with Crippen LogP contribution >= 0.6 is 23.1 Å². The Morgan fingerprint density at radius 2 is 1.97 bits per heavy atom. The van der Waals surface area contributed by atoms with E-state index >= 15 is 0 Å². The molecule has 0 unspecified atom stereocenters. The number of non-ortho nitro benzene ring substituents is 1. The zero-order valence-corrected chi connectivity index (χ0v) is 21.4. The first-order valence-electron chi connectivity index (χ1n) is 11.3. The number of aliphatic imine (C=N–C) groups is 1. The Bertz CT molecular complexity index is 1300. The summed E-state index contributed by atoms with van der Waals surface area (Å²) in [7, 11) is 0. The van der Waals surface area contributed by atoms with E-state index in [1.807, 2.05) is 31.2 Å². The molecule has 0 radical (unpaired) electrons. The smallest absolute Gasteiger partial charge is 0.258 e. The first-order valence-corrected chi connectivity index (χ1v) is 12.9. The fourth-order valence-corrected chi connectivity index (χ4v) is 6.33. The molecule has 174 valence electrons. The van der Waals surface area contributed by atoms with E-state index in [1.54, 1.807) is 41.4 Å². The van der Waals surface area contributed by atoms with Crippen LogP contribution in [0.15, 0.2) is 57.2 Å². The van der Waals surface area contributed by atoms with Gasteiger partial charge >= 0.3 is 0 Å². The van der Waals surface area contributed by atoms with Crippen molar-refractivity contribution in [3.05, 3.63) is 79.7 Å². The normalized spacial score (nSPS) is 15.8. The fraction of sp³-hybridized carbons (Fsp3) is 0.333. The maximum Gasteiger partial charge on any atom is 0.270 e. The first-order chi connectivity index (χ1) is 16.2. The SMILES string of the molecule is Cc1ccc(Sc2ccc([N+](=O)[O-])cc2C=Nc2sc3c(c2C#N)CC[C@@H](C(C)(C)C)C3)cc1. The molecule has 1 aliphatic rings. The van der Waals surface area contributed by atoms with E-state index in [-0.39, 0.29) is 11.1 Å². The highest BCUT2D eigenvalue weighted by Gasteiger charge is 2.32. The van der Waals surface area contributed by atoms with Crippen LogP contribution in [0.5, 0.6) is 0 Å². The van der Waals surface area contributed by atoms with E-state index in [4.69, 9.17) is 4.99 Å². The van der Waals surface area contributed by atoms with Crippen molar-refractivity contribution in [2.75, 3.05) is 0 Å². The molecule has 1 heterocycles. The fourth-order valence-electron chi connectivity index (χ4n) is 4.22. The minimum atomic E-state index is -0.394. The van der Waals surface area contributed by atoms with Crippen LogP contribution in [0.3, 0.4) is 0 Å². The monoisotopic (exact) mass is 489 g/mol. The van der Waals surface area contributed by atoms with Gasteiger partial charge in [0.25, 0.3) is 5.69 Å². The molecule has 0 saturated carbocycles. The summed E-state index contributed by atoms with van der Waals surface area (Å²) in [5.41, 5.74) is 3.88. The van der Waals surface area contributed by atoms with Gasteiger partial charge in [0.2, 0.25) is 0 Å². The summed E-state index contributed by atoms with van der Waals surface area (Å²) in [6.07, 6.45) is 4.62. The van der Waals surface area contributed by atoms with Crippen molar-refractivity contribution in [3.63, 3.8) is 0 Å². The number of thiophene rings is 1. The minimum absolute atomic E-state index is 0.0219. The van der Waals surface area contributed by atoms with E-state index < -0.39 is 4.92 Å². The standard InChI is InChI=1S/C27H27N3O2S2/c1-17-5-9-21(10-6-17)33-24-12-8-20(30(31)32)13-18(24)16-29-26-23(15-28)22-11-7-19(27(2,3)4)14-25(22)34-26/h5-6,8-10,12-13,16,19H,7,11,14H2,1-4H3/t19-/m1/s1. The molecule has 34 heavy (non-hydrogen) atoms. The van der Waals surface area contributed by atoms with Crippen LogP contribution in [0.1, 0.15) is 54.3 Å². The van der Waals surface area contributed by atoms with E-state index in [1.165, 1.54) is 16.5 Å². The number of nitrogens with zero attached hydrogens (tertiary/aromatic N) is 3. The van der Waals surface area contributed by atoms with Gasteiger partial charge in [-0.25, -0.2) is 4.99 Å². The highest BCUT2D eigenvalue weighted by atomic mass is 32.2. The number of hydrogen-bond acceptors (Lipinski definition) is 6. The van der Waals surface area contributed by atoms with Gasteiger partial charge < -0.3 is 0 Å². The Labute approximate surface area is 208 Å². The molecule has 5 nitrogen and oxygen atoms in total. The summed E-state index contributed by atoms with van der Waals surface area (Å²) in [4.78, 5) is 18.9. The molecule has 0 N–H and O–H groups in total. The molecule has 1 aromatic heterocycles. The maximum atomic E-state index is 11.4. The minimum Gasteiger partial charge on any atom is -0.258 e. The Morgan fingerprint density at radius 1 is 1.24 bits per heavy atom. The van der Waals surface area contributed by atoms with Crippen LogP contribution in [0.25, 0.3) is 0 Å². The van der Waals surface area contributed by atoms with Crippen LogP contribution in [-0.4, -0.2) is 11.1 Å². The summed E-state index contributed by atoms with van der Waals surface area (Å²) >= 11 is 3.13.